The molecule has 130 valence electrons. The highest BCUT2D eigenvalue weighted by molar-refractivity contribution is 5.80. The van der Waals surface area contributed by atoms with Crippen molar-refractivity contribution in [3.05, 3.63) is 78.1 Å². The van der Waals surface area contributed by atoms with E-state index >= 15 is 0 Å². The number of H-pyrrole nitrogens is 1. The van der Waals surface area contributed by atoms with E-state index in [-0.39, 0.29) is 5.82 Å². The van der Waals surface area contributed by atoms with Gasteiger partial charge in [0.2, 0.25) is 0 Å². The lowest BCUT2D eigenvalue weighted by Gasteiger charge is -2.06. The first-order valence-corrected chi connectivity index (χ1v) is 8.22. The molecule has 4 aromatic rings. The van der Waals surface area contributed by atoms with Crippen molar-refractivity contribution in [2.24, 2.45) is 0 Å². The summed E-state index contributed by atoms with van der Waals surface area (Å²) in [6, 6.07) is 15.8. The van der Waals surface area contributed by atoms with Crippen molar-refractivity contribution in [3.8, 4) is 5.75 Å². The number of aromatic nitrogens is 3. The number of pyridine rings is 1. The van der Waals surface area contributed by atoms with Crippen LogP contribution < -0.4 is 10.1 Å². The van der Waals surface area contributed by atoms with Gasteiger partial charge in [0.15, 0.2) is 0 Å². The number of aryl methyl sites for hydroxylation is 1. The van der Waals surface area contributed by atoms with Gasteiger partial charge in [0, 0.05) is 29.3 Å². The van der Waals surface area contributed by atoms with Gasteiger partial charge in [0.25, 0.3) is 0 Å². The molecule has 5 nitrogen and oxygen atoms in total. The van der Waals surface area contributed by atoms with Crippen molar-refractivity contribution in [2.75, 3.05) is 5.32 Å². The fraction of sp³-hybridized carbons (Fsp3) is 0.100. The third kappa shape index (κ3) is 3.64. The molecule has 26 heavy (non-hydrogen) atoms. The zero-order valence-electron chi connectivity index (χ0n) is 14.2. The van der Waals surface area contributed by atoms with E-state index in [1.165, 1.54) is 12.1 Å². The second kappa shape index (κ2) is 6.84. The minimum Gasteiger partial charge on any atom is -0.486 e. The van der Waals surface area contributed by atoms with Crippen molar-refractivity contribution in [1.29, 1.82) is 0 Å². The maximum Gasteiger partial charge on any atom is 0.146 e. The van der Waals surface area contributed by atoms with Crippen LogP contribution in [0.5, 0.6) is 5.75 Å². The van der Waals surface area contributed by atoms with Crippen LogP contribution in [0.25, 0.3) is 11.0 Å². The van der Waals surface area contributed by atoms with E-state index in [0.29, 0.717) is 12.3 Å². The van der Waals surface area contributed by atoms with Crippen molar-refractivity contribution in [3.63, 3.8) is 0 Å². The summed E-state index contributed by atoms with van der Waals surface area (Å²) in [7, 11) is 0. The van der Waals surface area contributed by atoms with E-state index < -0.39 is 0 Å². The molecule has 0 fully saturated rings. The zero-order valence-corrected chi connectivity index (χ0v) is 14.2. The summed E-state index contributed by atoms with van der Waals surface area (Å²) >= 11 is 0. The first-order valence-electron chi connectivity index (χ1n) is 8.22. The Hall–Kier alpha value is -3.41. The summed E-state index contributed by atoms with van der Waals surface area (Å²) < 4.78 is 19.1. The molecule has 2 N–H and O–H groups in total. The average Bonchev–Trinajstić information content (AvgIpc) is 3.02. The molecule has 0 amide bonds. The Morgan fingerprint density at radius 2 is 1.96 bits per heavy atom. The number of fused-ring (bicyclic) bond motifs is 1. The standard InChI is InChI=1S/C20H17FN4O/c1-13-9-17(7-8-22-13)26-12-20-24-18-6-5-16(11-19(18)25-20)23-15-4-2-3-14(21)10-15/h2-11,23H,12H2,1H3,(H,24,25). The van der Waals surface area contributed by atoms with Crippen molar-refractivity contribution in [2.45, 2.75) is 13.5 Å². The largest absolute Gasteiger partial charge is 0.486 e. The summed E-state index contributed by atoms with van der Waals surface area (Å²) in [4.78, 5) is 11.9. The predicted molar refractivity (Wildman–Crippen MR) is 99.1 cm³/mol. The highest BCUT2D eigenvalue weighted by atomic mass is 19.1. The predicted octanol–water partition coefficient (Wildman–Crippen LogP) is 4.73. The zero-order chi connectivity index (χ0) is 17.9. The molecule has 0 spiro atoms. The monoisotopic (exact) mass is 348 g/mol. The number of halogens is 1. The van der Waals surface area contributed by atoms with Gasteiger partial charge in [0.1, 0.15) is 24.0 Å². The quantitative estimate of drug-likeness (QED) is 0.547. The lowest BCUT2D eigenvalue weighted by molar-refractivity contribution is 0.297. The molecule has 0 unspecified atom stereocenters. The van der Waals surface area contributed by atoms with Crippen LogP contribution in [-0.4, -0.2) is 15.0 Å². The lowest BCUT2D eigenvalue weighted by Crippen LogP contribution is -1.97. The second-order valence-electron chi connectivity index (χ2n) is 5.97. The van der Waals surface area contributed by atoms with Crippen LogP contribution >= 0.6 is 0 Å². The van der Waals surface area contributed by atoms with E-state index in [1.54, 1.807) is 12.3 Å². The maximum atomic E-state index is 13.3. The van der Waals surface area contributed by atoms with Gasteiger partial charge in [0.05, 0.1) is 11.0 Å². The summed E-state index contributed by atoms with van der Waals surface area (Å²) in [5, 5.41) is 3.18. The van der Waals surface area contributed by atoms with Gasteiger partial charge in [-0.15, -0.1) is 0 Å². The topological polar surface area (TPSA) is 62.8 Å². The maximum absolute atomic E-state index is 13.3. The second-order valence-corrected chi connectivity index (χ2v) is 5.97. The number of rotatable bonds is 5. The summed E-state index contributed by atoms with van der Waals surface area (Å²) in [5.41, 5.74) is 4.18. The molecule has 0 radical (unpaired) electrons. The van der Waals surface area contributed by atoms with Crippen LogP contribution in [0.4, 0.5) is 15.8 Å². The SMILES string of the molecule is Cc1cc(OCc2nc3ccc(Nc4cccc(F)c4)cc3[nH]2)ccn1. The molecule has 0 aliphatic rings. The van der Waals surface area contributed by atoms with Gasteiger partial charge in [-0.05, 0) is 49.4 Å². The third-order valence-corrected chi connectivity index (χ3v) is 3.89. The van der Waals surface area contributed by atoms with Gasteiger partial charge < -0.3 is 15.0 Å². The van der Waals surface area contributed by atoms with Crippen LogP contribution in [0.2, 0.25) is 0 Å². The fourth-order valence-electron chi connectivity index (χ4n) is 2.70. The summed E-state index contributed by atoms with van der Waals surface area (Å²) in [5.74, 6) is 1.21. The van der Waals surface area contributed by atoms with E-state index in [1.807, 2.05) is 43.3 Å². The van der Waals surface area contributed by atoms with Crippen molar-refractivity contribution < 1.29 is 9.13 Å². The Kier molecular flexibility index (Phi) is 4.23. The molecule has 0 saturated carbocycles. The van der Waals surface area contributed by atoms with E-state index in [4.69, 9.17) is 4.74 Å². The molecule has 0 bridgehead atoms. The van der Waals surface area contributed by atoms with Crippen LogP contribution in [0, 0.1) is 12.7 Å². The van der Waals surface area contributed by atoms with E-state index in [2.05, 4.69) is 20.3 Å². The first kappa shape index (κ1) is 16.1. The number of nitrogens with one attached hydrogen (secondary N) is 2. The van der Waals surface area contributed by atoms with Crippen LogP contribution in [0.15, 0.2) is 60.8 Å². The summed E-state index contributed by atoms with van der Waals surface area (Å²) in [6.07, 6.45) is 1.72. The molecule has 0 saturated heterocycles. The molecule has 0 aliphatic heterocycles. The normalized spacial score (nSPS) is 10.8. The minimum absolute atomic E-state index is 0.275. The first-order chi connectivity index (χ1) is 12.7. The van der Waals surface area contributed by atoms with Gasteiger partial charge in [-0.25, -0.2) is 9.37 Å². The van der Waals surface area contributed by atoms with Crippen LogP contribution in [-0.2, 0) is 6.61 Å². The molecule has 2 aromatic carbocycles. The average molecular weight is 348 g/mol. The lowest BCUT2D eigenvalue weighted by atomic mass is 10.2. The number of aromatic amines is 1. The highest BCUT2D eigenvalue weighted by Crippen LogP contribution is 2.22. The Labute approximate surface area is 149 Å². The van der Waals surface area contributed by atoms with Crippen molar-refractivity contribution in [1.82, 2.24) is 15.0 Å². The van der Waals surface area contributed by atoms with Gasteiger partial charge in [-0.3, -0.25) is 4.98 Å². The number of nitrogens with zero attached hydrogens (tertiary/aromatic N) is 2. The number of hydrogen-bond acceptors (Lipinski definition) is 4. The van der Waals surface area contributed by atoms with Gasteiger partial charge in [-0.2, -0.15) is 0 Å². The fourth-order valence-corrected chi connectivity index (χ4v) is 2.70. The number of benzene rings is 2. The molecule has 0 atom stereocenters. The number of ether oxygens (including phenoxy) is 1. The highest BCUT2D eigenvalue weighted by Gasteiger charge is 2.06. The molecule has 4 rings (SSSR count). The molecular weight excluding hydrogens is 331 g/mol. The Bertz CT molecular complexity index is 1060. The molecular formula is C20H17FN4O. The number of anilines is 2. The minimum atomic E-state index is -0.275. The smallest absolute Gasteiger partial charge is 0.146 e. The van der Waals surface area contributed by atoms with E-state index in [0.717, 1.165) is 34.0 Å². The molecule has 2 aromatic heterocycles. The Morgan fingerprint density at radius 3 is 2.81 bits per heavy atom. The number of imidazole rings is 1. The molecule has 0 aliphatic carbocycles. The summed E-state index contributed by atoms with van der Waals surface area (Å²) in [6.45, 7) is 2.26. The number of hydrogen-bond donors (Lipinski definition) is 2. The van der Waals surface area contributed by atoms with Crippen LogP contribution in [0.3, 0.4) is 0 Å². The van der Waals surface area contributed by atoms with Gasteiger partial charge in [-0.1, -0.05) is 6.07 Å². The molecule has 2 heterocycles. The molecule has 6 heteroatoms. The Morgan fingerprint density at radius 1 is 1.08 bits per heavy atom. The van der Waals surface area contributed by atoms with E-state index in [9.17, 15) is 4.39 Å². The van der Waals surface area contributed by atoms with Gasteiger partial charge >= 0.3 is 0 Å². The third-order valence-electron chi connectivity index (χ3n) is 3.89. The van der Waals surface area contributed by atoms with Crippen LogP contribution in [0.1, 0.15) is 11.5 Å². The Balaban J connectivity index is 1.50. The van der Waals surface area contributed by atoms with Crippen molar-refractivity contribution >= 4 is 22.4 Å².